The second kappa shape index (κ2) is 9.25. The lowest BCUT2D eigenvalue weighted by molar-refractivity contribution is -0.216. The van der Waals surface area contributed by atoms with Crippen LogP contribution in [-0.4, -0.2) is 40.0 Å². The van der Waals surface area contributed by atoms with Crippen LogP contribution in [0.4, 0.5) is 0 Å². The highest BCUT2D eigenvalue weighted by Crippen LogP contribution is 2.60. The van der Waals surface area contributed by atoms with Crippen molar-refractivity contribution in [2.45, 2.75) is 71.5 Å². The molecule has 3 aliphatic rings. The Hall–Kier alpha value is -0.940. The molecule has 0 aliphatic heterocycles. The topological polar surface area (TPSA) is 36.9 Å². The summed E-state index contributed by atoms with van der Waals surface area (Å²) in [6, 6.07) is 0. The van der Waals surface area contributed by atoms with Gasteiger partial charge in [-0.1, -0.05) is 41.9 Å². The van der Waals surface area contributed by atoms with Crippen molar-refractivity contribution in [1.29, 1.82) is 0 Å². The molecule has 3 rings (SSSR count). The smallest absolute Gasteiger partial charge is 0.146 e. The van der Waals surface area contributed by atoms with Crippen molar-refractivity contribution in [2.24, 2.45) is 17.3 Å². The maximum absolute atomic E-state index is 6.34. The molecular formula is C24H38O4. The molecule has 5 atom stereocenters. The first-order chi connectivity index (χ1) is 13.4. The van der Waals surface area contributed by atoms with E-state index in [0.717, 1.165) is 38.5 Å². The Bertz CT molecular complexity index is 635. The normalized spacial score (nSPS) is 40.8. The fourth-order valence-electron chi connectivity index (χ4n) is 5.82. The number of fused-ring (bicyclic) bond motifs is 1. The molecule has 0 aromatic carbocycles. The van der Waals surface area contributed by atoms with Gasteiger partial charge in [-0.2, -0.15) is 0 Å². The maximum atomic E-state index is 6.34. The van der Waals surface area contributed by atoms with E-state index in [2.05, 4.69) is 33.4 Å². The lowest BCUT2D eigenvalue weighted by Crippen LogP contribution is -2.56. The van der Waals surface area contributed by atoms with E-state index in [1.807, 2.05) is 0 Å². The molecule has 0 aromatic heterocycles. The van der Waals surface area contributed by atoms with Gasteiger partial charge < -0.3 is 18.9 Å². The molecule has 0 amide bonds. The summed E-state index contributed by atoms with van der Waals surface area (Å²) < 4.78 is 23.2. The van der Waals surface area contributed by atoms with Crippen molar-refractivity contribution in [3.8, 4) is 0 Å². The maximum Gasteiger partial charge on any atom is 0.146 e. The lowest BCUT2D eigenvalue weighted by Gasteiger charge is -2.52. The Kier molecular flexibility index (Phi) is 7.19. The Morgan fingerprint density at radius 3 is 2.50 bits per heavy atom. The van der Waals surface area contributed by atoms with Crippen LogP contribution in [0, 0.1) is 17.3 Å². The fourth-order valence-corrected chi connectivity index (χ4v) is 5.82. The fraction of sp³-hybridized carbons (Fsp3) is 0.750. The number of hydrogen-bond donors (Lipinski definition) is 0. The molecule has 158 valence electrons. The second-order valence-electron chi connectivity index (χ2n) is 9.09. The molecule has 0 aromatic rings. The first-order valence-electron chi connectivity index (χ1n) is 10.7. The SMILES string of the molecule is C=C1[C@@H]2/C3=C(/C)CC/C=C(\C)CC[C@@H]1[C@H](OCOC)[C@H](OCOC)[C@@]2(C)CC3. The van der Waals surface area contributed by atoms with Crippen molar-refractivity contribution in [2.75, 3.05) is 27.8 Å². The van der Waals surface area contributed by atoms with Crippen LogP contribution in [0.15, 0.2) is 34.9 Å². The molecule has 0 heterocycles. The van der Waals surface area contributed by atoms with Crippen LogP contribution in [-0.2, 0) is 18.9 Å². The minimum Gasteiger partial charge on any atom is -0.359 e. The molecule has 4 heteroatoms. The van der Waals surface area contributed by atoms with E-state index in [1.165, 1.54) is 11.1 Å². The molecule has 3 aliphatic carbocycles. The quantitative estimate of drug-likeness (QED) is 0.449. The van der Waals surface area contributed by atoms with E-state index in [0.29, 0.717) is 5.92 Å². The summed E-state index contributed by atoms with van der Waals surface area (Å²) in [6.45, 7) is 12.2. The predicted molar refractivity (Wildman–Crippen MR) is 112 cm³/mol. The van der Waals surface area contributed by atoms with Crippen molar-refractivity contribution < 1.29 is 18.9 Å². The van der Waals surface area contributed by atoms with Crippen LogP contribution in [0.25, 0.3) is 0 Å². The minimum atomic E-state index is -0.0583. The van der Waals surface area contributed by atoms with Crippen LogP contribution in [0.5, 0.6) is 0 Å². The average Bonchev–Trinajstić information content (AvgIpc) is 3.02. The van der Waals surface area contributed by atoms with Crippen LogP contribution >= 0.6 is 0 Å². The van der Waals surface area contributed by atoms with E-state index >= 15 is 0 Å². The number of rotatable bonds is 6. The summed E-state index contributed by atoms with van der Waals surface area (Å²) in [7, 11) is 3.36. The van der Waals surface area contributed by atoms with E-state index in [9.17, 15) is 0 Å². The summed E-state index contributed by atoms with van der Waals surface area (Å²) in [5, 5.41) is 0. The van der Waals surface area contributed by atoms with Gasteiger partial charge in [0.05, 0.1) is 12.2 Å². The van der Waals surface area contributed by atoms with Crippen LogP contribution in [0.1, 0.15) is 59.3 Å². The first-order valence-corrected chi connectivity index (χ1v) is 10.7. The third-order valence-electron chi connectivity index (χ3n) is 7.29. The highest BCUT2D eigenvalue weighted by molar-refractivity contribution is 5.37. The zero-order chi connectivity index (χ0) is 20.3. The third-order valence-corrected chi connectivity index (χ3v) is 7.29. The van der Waals surface area contributed by atoms with Gasteiger partial charge >= 0.3 is 0 Å². The molecule has 0 radical (unpaired) electrons. The molecular weight excluding hydrogens is 352 g/mol. The monoisotopic (exact) mass is 390 g/mol. The van der Waals surface area contributed by atoms with Crippen molar-refractivity contribution >= 4 is 0 Å². The second-order valence-corrected chi connectivity index (χ2v) is 9.09. The van der Waals surface area contributed by atoms with E-state index in [1.54, 1.807) is 25.4 Å². The van der Waals surface area contributed by atoms with Gasteiger partial charge in [0.15, 0.2) is 0 Å². The minimum absolute atomic E-state index is 0.0162. The Labute approximate surface area is 171 Å². The molecule has 4 nitrogen and oxygen atoms in total. The summed E-state index contributed by atoms with van der Waals surface area (Å²) in [6.07, 6.45) is 8.96. The highest BCUT2D eigenvalue weighted by Gasteiger charge is 2.58. The van der Waals surface area contributed by atoms with Crippen LogP contribution in [0.3, 0.4) is 0 Å². The Morgan fingerprint density at radius 1 is 1.07 bits per heavy atom. The number of ether oxygens (including phenoxy) is 4. The molecule has 28 heavy (non-hydrogen) atoms. The molecule has 0 spiro atoms. The van der Waals surface area contributed by atoms with Gasteiger partial charge in [-0.05, 0) is 52.4 Å². The van der Waals surface area contributed by atoms with Crippen LogP contribution < -0.4 is 0 Å². The van der Waals surface area contributed by atoms with Gasteiger partial charge in [0.25, 0.3) is 0 Å². The summed E-state index contributed by atoms with van der Waals surface area (Å²) in [5.41, 5.74) is 5.92. The van der Waals surface area contributed by atoms with Crippen LogP contribution in [0.2, 0.25) is 0 Å². The zero-order valence-electron chi connectivity index (χ0n) is 18.4. The molecule has 2 saturated carbocycles. The van der Waals surface area contributed by atoms with Gasteiger partial charge in [0.2, 0.25) is 0 Å². The molecule has 2 bridgehead atoms. The predicted octanol–water partition coefficient (Wildman–Crippen LogP) is 5.40. The van der Waals surface area contributed by atoms with Gasteiger partial charge in [0.1, 0.15) is 13.6 Å². The summed E-state index contributed by atoms with van der Waals surface area (Å²) in [5.74, 6) is 0.637. The standard InChI is InChI=1S/C24H38O4/c1-16-8-7-9-17(2)19-12-13-24(4)21(19)18(3)20(11-10-16)22(27-14-25-5)23(24)28-15-26-6/h8,20-23H,3,7,9-15H2,1-2,4-6H3/b16-8+,19-17-/t20-,21+,22-,23-,24-/m0/s1. The highest BCUT2D eigenvalue weighted by atomic mass is 16.7. The number of allylic oxidation sites excluding steroid dienone is 4. The largest absolute Gasteiger partial charge is 0.359 e. The zero-order valence-corrected chi connectivity index (χ0v) is 18.4. The molecule has 0 saturated heterocycles. The van der Waals surface area contributed by atoms with Gasteiger partial charge in [-0.15, -0.1) is 0 Å². The summed E-state index contributed by atoms with van der Waals surface area (Å²) in [4.78, 5) is 0. The van der Waals surface area contributed by atoms with E-state index in [-0.39, 0.29) is 37.1 Å². The number of hydrogen-bond acceptors (Lipinski definition) is 4. The van der Waals surface area contributed by atoms with E-state index in [4.69, 9.17) is 18.9 Å². The third kappa shape index (κ3) is 4.02. The van der Waals surface area contributed by atoms with Gasteiger partial charge in [-0.25, -0.2) is 0 Å². The van der Waals surface area contributed by atoms with Gasteiger partial charge in [-0.3, -0.25) is 0 Å². The summed E-state index contributed by atoms with van der Waals surface area (Å²) >= 11 is 0. The molecule has 0 unspecified atom stereocenters. The van der Waals surface area contributed by atoms with Crippen molar-refractivity contribution in [1.82, 2.24) is 0 Å². The first kappa shape index (κ1) is 21.8. The lowest BCUT2D eigenvalue weighted by atomic mass is 9.59. The average molecular weight is 391 g/mol. The van der Waals surface area contributed by atoms with Gasteiger partial charge in [0, 0.05) is 31.5 Å². The Balaban J connectivity index is 2.06. The molecule has 2 fully saturated rings. The van der Waals surface area contributed by atoms with Crippen molar-refractivity contribution in [3.63, 3.8) is 0 Å². The van der Waals surface area contributed by atoms with E-state index < -0.39 is 0 Å². The number of methoxy groups -OCH3 is 2. The molecule has 0 N–H and O–H groups in total. The Morgan fingerprint density at radius 2 is 1.79 bits per heavy atom. The van der Waals surface area contributed by atoms with Crippen molar-refractivity contribution in [3.05, 3.63) is 34.9 Å².